The number of nitrogens with two attached hydrogens (primary N) is 1. The van der Waals surface area contributed by atoms with Crippen LogP contribution in [-0.2, 0) is 6.54 Å². The molecule has 3 N–H and O–H groups in total. The normalized spacial score (nSPS) is 10.7. The molecule has 0 atom stereocenters. The maximum absolute atomic E-state index is 12.3. The zero-order valence-electron chi connectivity index (χ0n) is 11.3. The summed E-state index contributed by atoms with van der Waals surface area (Å²) in [5, 5.41) is 5.13. The van der Waals surface area contributed by atoms with Gasteiger partial charge in [-0.25, -0.2) is 9.97 Å². The predicted octanol–water partition coefficient (Wildman–Crippen LogP) is 1.91. The second kappa shape index (κ2) is 5.45. The van der Waals surface area contributed by atoms with Crippen LogP contribution in [0.2, 0.25) is 0 Å². The molecular weight excluding hydrogens is 286 g/mol. The van der Waals surface area contributed by atoms with Crippen molar-refractivity contribution in [2.24, 2.45) is 0 Å². The van der Waals surface area contributed by atoms with Gasteiger partial charge in [0.2, 0.25) is 0 Å². The molecule has 2 heterocycles. The van der Waals surface area contributed by atoms with Crippen LogP contribution in [0.3, 0.4) is 0 Å². The summed E-state index contributed by atoms with van der Waals surface area (Å²) in [6, 6.07) is 5.37. The van der Waals surface area contributed by atoms with E-state index in [1.807, 2.05) is 18.4 Å². The Balaban J connectivity index is 1.84. The number of nitrogens with one attached hydrogen (secondary N) is 1. The van der Waals surface area contributed by atoms with Gasteiger partial charge < -0.3 is 11.1 Å². The molecule has 0 aliphatic carbocycles. The van der Waals surface area contributed by atoms with E-state index in [9.17, 15) is 4.79 Å². The average Bonchev–Trinajstić information content (AvgIpc) is 2.89. The first-order valence-electron chi connectivity index (χ1n) is 6.34. The number of rotatable bonds is 3. The van der Waals surface area contributed by atoms with E-state index in [-0.39, 0.29) is 5.91 Å². The second-order valence-electron chi connectivity index (χ2n) is 4.54. The minimum absolute atomic E-state index is 0.203. The first-order chi connectivity index (χ1) is 10.1. The van der Waals surface area contributed by atoms with Crippen LogP contribution < -0.4 is 11.1 Å². The van der Waals surface area contributed by atoms with Gasteiger partial charge in [0.25, 0.3) is 5.91 Å². The van der Waals surface area contributed by atoms with Crippen molar-refractivity contribution in [3.05, 3.63) is 46.7 Å². The minimum Gasteiger partial charge on any atom is -0.375 e. The summed E-state index contributed by atoms with van der Waals surface area (Å²) in [7, 11) is 0. The molecule has 106 valence electrons. The zero-order chi connectivity index (χ0) is 14.8. The third-order valence-corrected chi connectivity index (χ3v) is 3.66. The molecule has 0 saturated heterocycles. The molecule has 0 spiro atoms. The third kappa shape index (κ3) is 2.82. The molecule has 0 aliphatic rings. The summed E-state index contributed by atoms with van der Waals surface area (Å²) in [5.74, 6) is -0.203. The Morgan fingerprint density at radius 2 is 2.24 bits per heavy atom. The Kier molecular flexibility index (Phi) is 3.49. The highest BCUT2D eigenvalue weighted by Crippen LogP contribution is 2.15. The molecule has 21 heavy (non-hydrogen) atoms. The number of hydrogen-bond acceptors (Lipinski definition) is 6. The third-order valence-electron chi connectivity index (χ3n) is 2.94. The molecule has 7 heteroatoms. The predicted molar refractivity (Wildman–Crippen MR) is 82.0 cm³/mol. The lowest BCUT2D eigenvalue weighted by Gasteiger charge is -2.06. The van der Waals surface area contributed by atoms with Gasteiger partial charge in [-0.3, -0.25) is 9.78 Å². The molecule has 6 nitrogen and oxygen atoms in total. The number of benzene rings is 1. The summed E-state index contributed by atoms with van der Waals surface area (Å²) in [5.41, 5.74) is 8.93. The largest absolute Gasteiger partial charge is 0.375 e. The number of nitrogens with zero attached hydrogens (tertiary/aromatic N) is 3. The first-order valence-corrected chi connectivity index (χ1v) is 7.22. The number of nitrogen functional groups attached to an aromatic ring is 1. The molecule has 0 bridgehead atoms. The van der Waals surface area contributed by atoms with Gasteiger partial charge in [0.1, 0.15) is 5.52 Å². The Morgan fingerprint density at radius 1 is 1.38 bits per heavy atom. The smallest absolute Gasteiger partial charge is 0.253 e. The van der Waals surface area contributed by atoms with Crippen molar-refractivity contribution >= 4 is 33.4 Å². The van der Waals surface area contributed by atoms with Gasteiger partial charge in [0.05, 0.1) is 29.0 Å². The maximum Gasteiger partial charge on any atom is 0.253 e. The Hall–Kier alpha value is -2.54. The number of fused-ring (bicyclic) bond motifs is 1. The van der Waals surface area contributed by atoms with Crippen LogP contribution in [-0.4, -0.2) is 20.9 Å². The highest BCUT2D eigenvalue weighted by atomic mass is 32.1. The van der Waals surface area contributed by atoms with Gasteiger partial charge >= 0.3 is 0 Å². The highest BCUT2D eigenvalue weighted by Gasteiger charge is 2.12. The first kappa shape index (κ1) is 13.4. The summed E-state index contributed by atoms with van der Waals surface area (Å²) in [6.45, 7) is 2.20. The highest BCUT2D eigenvalue weighted by molar-refractivity contribution is 7.13. The van der Waals surface area contributed by atoms with Crippen molar-refractivity contribution in [3.63, 3.8) is 0 Å². The summed E-state index contributed by atoms with van der Waals surface area (Å²) in [6.07, 6.45) is 1.65. The van der Waals surface area contributed by atoms with Crippen LogP contribution in [0.5, 0.6) is 0 Å². The molecule has 3 rings (SSSR count). The molecule has 0 fully saturated rings. The Morgan fingerprint density at radius 3 is 3.00 bits per heavy atom. The quantitative estimate of drug-likeness (QED) is 0.770. The summed E-state index contributed by atoms with van der Waals surface area (Å²) in [4.78, 5) is 25.1. The van der Waals surface area contributed by atoms with E-state index in [0.29, 0.717) is 28.3 Å². The molecule has 3 aromatic rings. The lowest BCUT2D eigenvalue weighted by Crippen LogP contribution is -2.23. The average molecular weight is 299 g/mol. The number of carbonyl (C=O) groups excluding carboxylic acids is 1. The number of aromatic nitrogens is 3. The molecule has 0 saturated carbocycles. The van der Waals surface area contributed by atoms with Gasteiger partial charge in [0.15, 0.2) is 5.13 Å². The second-order valence-corrected chi connectivity index (χ2v) is 5.43. The summed E-state index contributed by atoms with van der Waals surface area (Å²) >= 11 is 1.35. The van der Waals surface area contributed by atoms with Crippen LogP contribution in [0.4, 0.5) is 5.13 Å². The van der Waals surface area contributed by atoms with Crippen molar-refractivity contribution in [3.8, 4) is 0 Å². The minimum atomic E-state index is -0.203. The van der Waals surface area contributed by atoms with Gasteiger partial charge in [-0.1, -0.05) is 6.07 Å². The lowest BCUT2D eigenvalue weighted by atomic mass is 10.1. The number of anilines is 1. The van der Waals surface area contributed by atoms with Crippen LogP contribution in [0.15, 0.2) is 29.8 Å². The monoisotopic (exact) mass is 299 g/mol. The van der Waals surface area contributed by atoms with Crippen LogP contribution >= 0.6 is 11.3 Å². The molecule has 0 aliphatic heterocycles. The van der Waals surface area contributed by atoms with E-state index >= 15 is 0 Å². The fourth-order valence-electron chi connectivity index (χ4n) is 1.99. The molecule has 2 aromatic heterocycles. The van der Waals surface area contributed by atoms with Crippen LogP contribution in [0, 0.1) is 6.92 Å². The van der Waals surface area contributed by atoms with Crippen LogP contribution in [0.25, 0.3) is 11.0 Å². The molecule has 0 radical (unpaired) electrons. The van der Waals surface area contributed by atoms with Crippen molar-refractivity contribution in [1.82, 2.24) is 20.3 Å². The van der Waals surface area contributed by atoms with Gasteiger partial charge in [-0.15, -0.1) is 11.3 Å². The molecule has 0 unspecified atom stereocenters. The fraction of sp³-hybridized carbons (Fsp3) is 0.143. The van der Waals surface area contributed by atoms with E-state index in [2.05, 4.69) is 20.3 Å². The molecule has 1 amide bonds. The van der Waals surface area contributed by atoms with Gasteiger partial charge in [0, 0.05) is 11.6 Å². The van der Waals surface area contributed by atoms with E-state index < -0.39 is 0 Å². The van der Waals surface area contributed by atoms with Crippen molar-refractivity contribution in [2.45, 2.75) is 13.5 Å². The SMILES string of the molecule is Cc1cnc2c(C(=O)NCc3csc(N)n3)cccc2n1. The zero-order valence-corrected chi connectivity index (χ0v) is 12.1. The van der Waals surface area contributed by atoms with Crippen molar-refractivity contribution in [2.75, 3.05) is 5.73 Å². The number of hydrogen-bond donors (Lipinski definition) is 2. The lowest BCUT2D eigenvalue weighted by molar-refractivity contribution is 0.0952. The molecular formula is C14H13N5OS. The fourth-order valence-corrected chi connectivity index (χ4v) is 2.55. The van der Waals surface area contributed by atoms with Gasteiger partial charge in [-0.2, -0.15) is 0 Å². The number of carbonyl (C=O) groups is 1. The number of para-hydroxylation sites is 1. The van der Waals surface area contributed by atoms with Crippen molar-refractivity contribution < 1.29 is 4.79 Å². The maximum atomic E-state index is 12.3. The van der Waals surface area contributed by atoms with E-state index in [4.69, 9.17) is 5.73 Å². The summed E-state index contributed by atoms with van der Waals surface area (Å²) < 4.78 is 0. The number of amides is 1. The standard InChI is InChI=1S/C14H13N5OS/c1-8-5-16-12-10(3-2-4-11(12)18-8)13(20)17-6-9-7-21-14(15)19-9/h2-5,7H,6H2,1H3,(H2,15,19)(H,17,20). The Labute approximate surface area is 125 Å². The van der Waals surface area contributed by atoms with E-state index in [1.54, 1.807) is 18.3 Å². The molecule has 1 aromatic carbocycles. The number of thiazole rings is 1. The van der Waals surface area contributed by atoms with Crippen LogP contribution in [0.1, 0.15) is 21.7 Å². The van der Waals surface area contributed by atoms with E-state index in [0.717, 1.165) is 11.4 Å². The topological polar surface area (TPSA) is 93.8 Å². The van der Waals surface area contributed by atoms with Crippen molar-refractivity contribution in [1.29, 1.82) is 0 Å². The van der Waals surface area contributed by atoms with Gasteiger partial charge in [-0.05, 0) is 19.1 Å². The van der Waals surface area contributed by atoms with E-state index in [1.165, 1.54) is 11.3 Å². The Bertz CT molecular complexity index is 814. The number of aryl methyl sites for hydroxylation is 1.